The second-order valence-corrected chi connectivity index (χ2v) is 6.25. The molecule has 2 heteroatoms. The fourth-order valence-electron chi connectivity index (χ4n) is 3.51. The molecule has 0 spiro atoms. The van der Waals surface area contributed by atoms with Crippen molar-refractivity contribution in [3.05, 3.63) is 84.4 Å². The van der Waals surface area contributed by atoms with Gasteiger partial charge in [-0.15, -0.1) is 0 Å². The van der Waals surface area contributed by atoms with Crippen LogP contribution < -0.4 is 0 Å². The molecule has 2 heterocycles. The van der Waals surface area contributed by atoms with Crippen molar-refractivity contribution in [1.29, 1.82) is 0 Å². The van der Waals surface area contributed by atoms with Crippen LogP contribution in [0.15, 0.2) is 78.9 Å². The molecule has 0 aliphatic rings. The van der Waals surface area contributed by atoms with Crippen molar-refractivity contribution in [2.75, 3.05) is 0 Å². The molecule has 0 radical (unpaired) electrons. The Labute approximate surface area is 140 Å². The smallest absolute Gasteiger partial charge is 0.146 e. The fourth-order valence-corrected chi connectivity index (χ4v) is 3.51. The molecular weight excluding hydrogens is 292 g/mol. The molecule has 0 N–H and O–H groups in total. The lowest BCUT2D eigenvalue weighted by atomic mass is 10.0. The molecule has 0 aliphatic carbocycles. The van der Waals surface area contributed by atoms with Crippen LogP contribution in [-0.4, -0.2) is 9.38 Å². The molecule has 0 atom stereocenters. The van der Waals surface area contributed by atoms with E-state index in [1.54, 1.807) is 0 Å². The maximum Gasteiger partial charge on any atom is 0.146 e. The zero-order chi connectivity index (χ0) is 16.1. The van der Waals surface area contributed by atoms with Crippen molar-refractivity contribution in [2.45, 2.75) is 6.92 Å². The van der Waals surface area contributed by atoms with E-state index in [2.05, 4.69) is 84.1 Å². The quantitative estimate of drug-likeness (QED) is 0.393. The predicted octanol–water partition coefficient (Wildman–Crippen LogP) is 5.62. The molecular formula is C22H16N2. The average molecular weight is 308 g/mol. The summed E-state index contributed by atoms with van der Waals surface area (Å²) < 4.78 is 2.28. The van der Waals surface area contributed by atoms with Gasteiger partial charge in [0.05, 0.1) is 16.7 Å². The molecule has 0 fully saturated rings. The Kier molecular flexibility index (Phi) is 2.74. The van der Waals surface area contributed by atoms with Crippen molar-refractivity contribution in [1.82, 2.24) is 9.38 Å². The molecule has 0 aliphatic heterocycles. The molecule has 5 rings (SSSR count). The van der Waals surface area contributed by atoms with E-state index in [0.29, 0.717) is 0 Å². The molecule has 0 unspecified atom stereocenters. The van der Waals surface area contributed by atoms with Gasteiger partial charge in [0.1, 0.15) is 5.65 Å². The van der Waals surface area contributed by atoms with Crippen LogP contribution in [0.1, 0.15) is 5.56 Å². The number of imidazole rings is 1. The minimum Gasteiger partial charge on any atom is -0.292 e. The van der Waals surface area contributed by atoms with Gasteiger partial charge in [0.15, 0.2) is 0 Å². The SMILES string of the molecule is Cc1cccc(-c2cc3ccccc3c3nc4ccccc4n23)c1. The number of nitrogens with zero attached hydrogens (tertiary/aromatic N) is 2. The molecule has 0 amide bonds. The number of hydrogen-bond donors (Lipinski definition) is 0. The normalized spacial score (nSPS) is 11.5. The van der Waals surface area contributed by atoms with E-state index in [1.807, 2.05) is 6.07 Å². The summed E-state index contributed by atoms with van der Waals surface area (Å²) >= 11 is 0. The number of rotatable bonds is 1. The summed E-state index contributed by atoms with van der Waals surface area (Å²) in [5.74, 6) is 0. The van der Waals surface area contributed by atoms with Crippen molar-refractivity contribution >= 4 is 27.5 Å². The highest BCUT2D eigenvalue weighted by Gasteiger charge is 2.13. The van der Waals surface area contributed by atoms with Crippen LogP contribution in [0.5, 0.6) is 0 Å². The second-order valence-electron chi connectivity index (χ2n) is 6.25. The first kappa shape index (κ1) is 13.3. The predicted molar refractivity (Wildman–Crippen MR) is 100 cm³/mol. The summed E-state index contributed by atoms with van der Waals surface area (Å²) in [6, 6.07) is 27.7. The lowest BCUT2D eigenvalue weighted by Crippen LogP contribution is -1.94. The number of hydrogen-bond acceptors (Lipinski definition) is 1. The molecule has 0 bridgehead atoms. The number of benzene rings is 3. The number of para-hydroxylation sites is 2. The maximum absolute atomic E-state index is 4.91. The third-order valence-electron chi connectivity index (χ3n) is 4.61. The first-order valence-electron chi connectivity index (χ1n) is 8.17. The molecule has 114 valence electrons. The van der Waals surface area contributed by atoms with Gasteiger partial charge in [-0.3, -0.25) is 4.40 Å². The Morgan fingerprint density at radius 1 is 0.792 bits per heavy atom. The third kappa shape index (κ3) is 1.86. The summed E-state index contributed by atoms with van der Waals surface area (Å²) in [6.45, 7) is 2.13. The van der Waals surface area contributed by atoms with Gasteiger partial charge in [-0.05, 0) is 42.1 Å². The van der Waals surface area contributed by atoms with E-state index in [9.17, 15) is 0 Å². The number of fused-ring (bicyclic) bond motifs is 5. The van der Waals surface area contributed by atoms with Crippen LogP contribution in [0.2, 0.25) is 0 Å². The van der Waals surface area contributed by atoms with E-state index in [0.717, 1.165) is 16.7 Å². The topological polar surface area (TPSA) is 17.3 Å². The van der Waals surface area contributed by atoms with E-state index >= 15 is 0 Å². The van der Waals surface area contributed by atoms with Gasteiger partial charge in [-0.25, -0.2) is 4.98 Å². The Bertz CT molecular complexity index is 1210. The van der Waals surface area contributed by atoms with Crippen LogP contribution >= 0.6 is 0 Å². The minimum absolute atomic E-state index is 1.02. The monoisotopic (exact) mass is 308 g/mol. The highest BCUT2D eigenvalue weighted by Crippen LogP contribution is 2.31. The summed E-state index contributed by atoms with van der Waals surface area (Å²) in [4.78, 5) is 4.91. The Morgan fingerprint density at radius 3 is 2.54 bits per heavy atom. The molecule has 2 aromatic heterocycles. The Hall–Kier alpha value is -3.13. The van der Waals surface area contributed by atoms with E-state index in [4.69, 9.17) is 4.98 Å². The first-order valence-corrected chi connectivity index (χ1v) is 8.17. The van der Waals surface area contributed by atoms with E-state index in [1.165, 1.54) is 27.6 Å². The van der Waals surface area contributed by atoms with Crippen molar-refractivity contribution in [2.24, 2.45) is 0 Å². The standard InChI is InChI=1S/C22H16N2/c1-15-7-6-9-17(13-15)21-14-16-8-2-3-10-18(16)22-23-19-11-4-5-12-20(19)24(21)22/h2-14H,1H3. The van der Waals surface area contributed by atoms with Crippen molar-refractivity contribution in [3.63, 3.8) is 0 Å². The molecule has 3 aromatic carbocycles. The van der Waals surface area contributed by atoms with Crippen LogP contribution in [0, 0.1) is 6.92 Å². The lowest BCUT2D eigenvalue weighted by molar-refractivity contribution is 1.24. The van der Waals surface area contributed by atoms with E-state index < -0.39 is 0 Å². The zero-order valence-electron chi connectivity index (χ0n) is 13.4. The third-order valence-corrected chi connectivity index (χ3v) is 4.61. The van der Waals surface area contributed by atoms with Crippen molar-refractivity contribution < 1.29 is 0 Å². The summed E-state index contributed by atoms with van der Waals surface area (Å²) in [5.41, 5.74) is 6.86. The molecule has 0 saturated heterocycles. The maximum atomic E-state index is 4.91. The highest BCUT2D eigenvalue weighted by atomic mass is 15.0. The fraction of sp³-hybridized carbons (Fsp3) is 0.0455. The van der Waals surface area contributed by atoms with Gasteiger partial charge in [0.25, 0.3) is 0 Å². The van der Waals surface area contributed by atoms with Gasteiger partial charge < -0.3 is 0 Å². The Balaban J connectivity index is 2.04. The number of aryl methyl sites for hydroxylation is 1. The number of aromatic nitrogens is 2. The Morgan fingerprint density at radius 2 is 1.62 bits per heavy atom. The summed E-state index contributed by atoms with van der Waals surface area (Å²) in [7, 11) is 0. The van der Waals surface area contributed by atoms with Gasteiger partial charge in [0.2, 0.25) is 0 Å². The van der Waals surface area contributed by atoms with Gasteiger partial charge in [-0.1, -0.05) is 60.2 Å². The summed E-state index contributed by atoms with van der Waals surface area (Å²) in [6.07, 6.45) is 0. The number of pyridine rings is 1. The average Bonchev–Trinajstić information content (AvgIpc) is 3.01. The van der Waals surface area contributed by atoms with Crippen molar-refractivity contribution in [3.8, 4) is 11.3 Å². The second kappa shape index (κ2) is 4.93. The summed E-state index contributed by atoms with van der Waals surface area (Å²) in [5, 5.41) is 2.40. The van der Waals surface area contributed by atoms with Crippen LogP contribution in [0.4, 0.5) is 0 Å². The largest absolute Gasteiger partial charge is 0.292 e. The molecule has 0 saturated carbocycles. The zero-order valence-corrected chi connectivity index (χ0v) is 13.4. The van der Waals surface area contributed by atoms with Crippen LogP contribution in [0.3, 0.4) is 0 Å². The van der Waals surface area contributed by atoms with Crippen LogP contribution in [0.25, 0.3) is 38.7 Å². The highest BCUT2D eigenvalue weighted by molar-refractivity contribution is 6.01. The molecule has 24 heavy (non-hydrogen) atoms. The first-order chi connectivity index (χ1) is 11.8. The molecule has 5 aromatic rings. The van der Waals surface area contributed by atoms with E-state index in [-0.39, 0.29) is 0 Å². The lowest BCUT2D eigenvalue weighted by Gasteiger charge is -2.10. The van der Waals surface area contributed by atoms with Gasteiger partial charge >= 0.3 is 0 Å². The molecule has 2 nitrogen and oxygen atoms in total. The van der Waals surface area contributed by atoms with Gasteiger partial charge in [-0.2, -0.15) is 0 Å². The minimum atomic E-state index is 1.02. The van der Waals surface area contributed by atoms with Crippen LogP contribution in [-0.2, 0) is 0 Å². The van der Waals surface area contributed by atoms with Gasteiger partial charge in [0, 0.05) is 5.39 Å².